The molecule has 0 N–H and O–H groups in total. The summed E-state index contributed by atoms with van der Waals surface area (Å²) in [4.78, 5) is 13.2. The second-order valence-electron chi connectivity index (χ2n) is 5.67. The van der Waals surface area contributed by atoms with Gasteiger partial charge in [-0.05, 0) is 32.3 Å². The Hall–Kier alpha value is -1.73. The lowest BCUT2D eigenvalue weighted by molar-refractivity contribution is 0.246. The van der Waals surface area contributed by atoms with Crippen molar-refractivity contribution in [2.75, 3.05) is 38.3 Å². The van der Waals surface area contributed by atoms with Gasteiger partial charge in [0.2, 0.25) is 0 Å². The Bertz CT molecular complexity index is 783. The maximum absolute atomic E-state index is 11.7. The topological polar surface area (TPSA) is 66.4 Å². The fourth-order valence-corrected chi connectivity index (χ4v) is 3.11. The highest BCUT2D eigenvalue weighted by Crippen LogP contribution is 2.29. The molecule has 2 aromatic rings. The van der Waals surface area contributed by atoms with Gasteiger partial charge in [0.25, 0.3) is 0 Å². The first-order valence-corrected chi connectivity index (χ1v) is 8.61. The maximum atomic E-state index is 11.7. The van der Waals surface area contributed by atoms with Crippen molar-refractivity contribution < 1.29 is 8.42 Å². The molecule has 0 radical (unpaired) electrons. The van der Waals surface area contributed by atoms with E-state index in [1.807, 2.05) is 0 Å². The van der Waals surface area contributed by atoms with Crippen LogP contribution in [0.1, 0.15) is 0 Å². The van der Waals surface area contributed by atoms with Gasteiger partial charge in [0.05, 0.1) is 10.4 Å². The van der Waals surface area contributed by atoms with E-state index in [1.165, 1.54) is 12.6 Å². The number of rotatable bonds is 3. The molecule has 2 heterocycles. The molecule has 1 saturated heterocycles. The molecule has 1 aliphatic rings. The van der Waals surface area contributed by atoms with Crippen LogP contribution in [0.25, 0.3) is 10.9 Å². The quantitative estimate of drug-likeness (QED) is 0.835. The summed E-state index contributed by atoms with van der Waals surface area (Å²) in [6, 6.07) is 5.50. The van der Waals surface area contributed by atoms with Crippen molar-refractivity contribution in [2.24, 2.45) is 0 Å². The minimum absolute atomic E-state index is 0.302. The van der Waals surface area contributed by atoms with Crippen molar-refractivity contribution in [3.05, 3.63) is 24.5 Å². The lowest BCUT2D eigenvalue weighted by Gasteiger charge is -2.43. The smallest absolute Gasteiger partial charge is 0.175 e. The number of hydrogen-bond donors (Lipinski definition) is 0. The summed E-state index contributed by atoms with van der Waals surface area (Å²) in [7, 11) is 0.883. The molecule has 0 spiro atoms. The zero-order chi connectivity index (χ0) is 15.2. The minimum Gasteiger partial charge on any atom is -0.353 e. The molecule has 21 heavy (non-hydrogen) atoms. The van der Waals surface area contributed by atoms with Gasteiger partial charge in [-0.25, -0.2) is 18.4 Å². The van der Waals surface area contributed by atoms with Crippen molar-refractivity contribution in [1.29, 1.82) is 0 Å². The Labute approximate surface area is 124 Å². The van der Waals surface area contributed by atoms with Crippen LogP contribution in [-0.4, -0.2) is 62.8 Å². The van der Waals surface area contributed by atoms with Crippen molar-refractivity contribution >= 4 is 26.6 Å². The monoisotopic (exact) mass is 306 g/mol. The van der Waals surface area contributed by atoms with Gasteiger partial charge in [-0.1, -0.05) is 0 Å². The molecule has 6 nitrogen and oxygen atoms in total. The number of sulfone groups is 1. The first-order valence-electron chi connectivity index (χ1n) is 6.72. The third-order valence-corrected chi connectivity index (χ3v) is 5.02. The highest BCUT2D eigenvalue weighted by Gasteiger charge is 2.30. The second kappa shape index (κ2) is 4.92. The molecule has 7 heteroatoms. The summed E-state index contributed by atoms with van der Waals surface area (Å²) in [5.74, 6) is 0.809. The van der Waals surface area contributed by atoms with Crippen LogP contribution in [0.4, 0.5) is 5.82 Å². The molecule has 0 aliphatic carbocycles. The standard InChI is InChI=1S/C14H18N4O2S/c1-17(2)10-7-18(8-10)14-12-6-11(21(3,19)20)4-5-13(12)15-9-16-14/h4-6,9-10H,7-8H2,1-3H3. The van der Waals surface area contributed by atoms with Crippen LogP contribution in [0.15, 0.2) is 29.4 Å². The van der Waals surface area contributed by atoms with E-state index < -0.39 is 9.84 Å². The molecular formula is C14H18N4O2S. The largest absolute Gasteiger partial charge is 0.353 e. The van der Waals surface area contributed by atoms with Crippen molar-refractivity contribution in [3.8, 4) is 0 Å². The number of aromatic nitrogens is 2. The Kier molecular flexibility index (Phi) is 3.33. The lowest BCUT2D eigenvalue weighted by atomic mass is 10.1. The third-order valence-electron chi connectivity index (χ3n) is 3.91. The average Bonchev–Trinajstić information content (AvgIpc) is 2.35. The molecule has 112 valence electrons. The zero-order valence-corrected chi connectivity index (χ0v) is 13.1. The molecular weight excluding hydrogens is 288 g/mol. The van der Waals surface area contributed by atoms with Gasteiger partial charge in [0.15, 0.2) is 9.84 Å². The maximum Gasteiger partial charge on any atom is 0.175 e. The number of nitrogens with zero attached hydrogens (tertiary/aromatic N) is 4. The van der Waals surface area contributed by atoms with Crippen molar-refractivity contribution in [3.63, 3.8) is 0 Å². The number of hydrogen-bond acceptors (Lipinski definition) is 6. The first kappa shape index (κ1) is 14.2. The molecule has 1 aromatic heterocycles. The summed E-state index contributed by atoms with van der Waals surface area (Å²) >= 11 is 0. The Balaban J connectivity index is 2.03. The predicted octanol–water partition coefficient (Wildman–Crippen LogP) is 0.783. The van der Waals surface area contributed by atoms with E-state index in [2.05, 4.69) is 33.9 Å². The van der Waals surface area contributed by atoms with Crippen LogP contribution in [0, 0.1) is 0 Å². The van der Waals surface area contributed by atoms with Gasteiger partial charge in [-0.3, -0.25) is 0 Å². The van der Waals surface area contributed by atoms with Crippen LogP contribution in [-0.2, 0) is 9.84 Å². The summed E-state index contributed by atoms with van der Waals surface area (Å²) in [5, 5.41) is 0.789. The molecule has 1 aromatic carbocycles. The van der Waals surface area contributed by atoms with E-state index in [0.717, 1.165) is 29.8 Å². The Morgan fingerprint density at radius 1 is 1.24 bits per heavy atom. The summed E-state index contributed by atoms with van der Waals surface area (Å²) in [6.45, 7) is 1.78. The molecule has 0 atom stereocenters. The van der Waals surface area contributed by atoms with Gasteiger partial charge in [-0.15, -0.1) is 0 Å². The van der Waals surface area contributed by atoms with Gasteiger partial charge in [0, 0.05) is 30.8 Å². The van der Waals surface area contributed by atoms with Gasteiger partial charge in [0.1, 0.15) is 12.1 Å². The fraction of sp³-hybridized carbons (Fsp3) is 0.429. The predicted molar refractivity (Wildman–Crippen MR) is 82.3 cm³/mol. The molecule has 1 fully saturated rings. The molecule has 0 unspecified atom stereocenters. The van der Waals surface area contributed by atoms with Gasteiger partial charge in [-0.2, -0.15) is 0 Å². The van der Waals surface area contributed by atoms with E-state index in [1.54, 1.807) is 18.2 Å². The van der Waals surface area contributed by atoms with E-state index in [0.29, 0.717) is 10.9 Å². The Morgan fingerprint density at radius 3 is 2.57 bits per heavy atom. The Morgan fingerprint density at radius 2 is 1.95 bits per heavy atom. The van der Waals surface area contributed by atoms with Crippen LogP contribution in [0.3, 0.4) is 0 Å². The highest BCUT2D eigenvalue weighted by atomic mass is 32.2. The van der Waals surface area contributed by atoms with Gasteiger partial charge >= 0.3 is 0 Å². The first-order chi connectivity index (χ1) is 9.86. The molecule has 3 rings (SSSR count). The van der Waals surface area contributed by atoms with Crippen molar-refractivity contribution in [2.45, 2.75) is 10.9 Å². The van der Waals surface area contributed by atoms with E-state index in [4.69, 9.17) is 0 Å². The SMILES string of the molecule is CN(C)C1CN(c2ncnc3ccc(S(C)(=O)=O)cc23)C1. The summed E-state index contributed by atoms with van der Waals surface area (Å²) in [5.41, 5.74) is 0.765. The number of likely N-dealkylation sites (N-methyl/N-ethyl adjacent to an activating group) is 1. The normalized spacial score (nSPS) is 16.5. The summed E-state index contributed by atoms with van der Waals surface area (Å²) in [6.07, 6.45) is 2.74. The van der Waals surface area contributed by atoms with E-state index in [-0.39, 0.29) is 0 Å². The highest BCUT2D eigenvalue weighted by molar-refractivity contribution is 7.90. The molecule has 0 amide bonds. The average molecular weight is 306 g/mol. The zero-order valence-electron chi connectivity index (χ0n) is 12.3. The number of fused-ring (bicyclic) bond motifs is 1. The lowest BCUT2D eigenvalue weighted by Crippen LogP contribution is -2.57. The fourth-order valence-electron chi connectivity index (χ4n) is 2.46. The third kappa shape index (κ3) is 2.58. The van der Waals surface area contributed by atoms with Crippen molar-refractivity contribution in [1.82, 2.24) is 14.9 Å². The van der Waals surface area contributed by atoms with Gasteiger partial charge < -0.3 is 9.80 Å². The van der Waals surface area contributed by atoms with Crippen LogP contribution in [0.5, 0.6) is 0 Å². The number of anilines is 1. The molecule has 1 aliphatic heterocycles. The number of benzene rings is 1. The van der Waals surface area contributed by atoms with Crippen LogP contribution < -0.4 is 4.90 Å². The van der Waals surface area contributed by atoms with Crippen LogP contribution in [0.2, 0.25) is 0 Å². The van der Waals surface area contributed by atoms with E-state index in [9.17, 15) is 8.42 Å². The van der Waals surface area contributed by atoms with Crippen LogP contribution >= 0.6 is 0 Å². The molecule has 0 saturated carbocycles. The second-order valence-corrected chi connectivity index (χ2v) is 7.69. The minimum atomic E-state index is -3.23. The molecule has 0 bridgehead atoms. The summed E-state index contributed by atoms with van der Waals surface area (Å²) < 4.78 is 23.4. The van der Waals surface area contributed by atoms with E-state index >= 15 is 0 Å².